The topological polar surface area (TPSA) is 76.1 Å². The van der Waals surface area contributed by atoms with Crippen LogP contribution in [0.25, 0.3) is 0 Å². The molecule has 6 nitrogen and oxygen atoms in total. The maximum atomic E-state index is 11.3. The fourth-order valence-corrected chi connectivity index (χ4v) is 2.99. The maximum Gasteiger partial charge on any atom is 0.294 e. The van der Waals surface area contributed by atoms with Crippen LogP contribution in [0.4, 0.5) is 5.69 Å². The van der Waals surface area contributed by atoms with Crippen molar-refractivity contribution in [2.24, 2.45) is 0 Å². The van der Waals surface area contributed by atoms with Gasteiger partial charge in [-0.1, -0.05) is 12.1 Å². The Bertz CT molecular complexity index is 804. The van der Waals surface area contributed by atoms with Gasteiger partial charge in [0.25, 0.3) is 10.1 Å². The molecule has 1 N–H and O–H groups in total. The molecule has 0 aliphatic carbocycles. The zero-order valence-corrected chi connectivity index (χ0v) is 14.7. The second-order valence-corrected chi connectivity index (χ2v) is 6.60. The summed E-state index contributed by atoms with van der Waals surface area (Å²) in [6, 6.07) is 11.8. The predicted molar refractivity (Wildman–Crippen MR) is 92.5 cm³/mol. The Kier molecular flexibility index (Phi) is 5.69. The van der Waals surface area contributed by atoms with Crippen molar-refractivity contribution in [3.8, 4) is 11.5 Å². The summed E-state index contributed by atoms with van der Waals surface area (Å²) >= 11 is 0. The van der Waals surface area contributed by atoms with Crippen molar-refractivity contribution >= 4 is 15.8 Å². The highest BCUT2D eigenvalue weighted by Crippen LogP contribution is 2.33. The largest absolute Gasteiger partial charge is 0.497 e. The van der Waals surface area contributed by atoms with Gasteiger partial charge in [0, 0.05) is 19.2 Å². The Morgan fingerprint density at radius 1 is 1.08 bits per heavy atom. The van der Waals surface area contributed by atoms with Gasteiger partial charge < -0.3 is 14.4 Å². The molecular weight excluding hydrogens is 330 g/mol. The highest BCUT2D eigenvalue weighted by Gasteiger charge is 2.15. The first-order chi connectivity index (χ1) is 11.4. The molecule has 0 spiro atoms. The molecule has 0 heterocycles. The molecule has 0 radical (unpaired) electrons. The number of rotatable bonds is 7. The van der Waals surface area contributed by atoms with E-state index in [9.17, 15) is 13.0 Å². The molecule has 0 aliphatic rings. The molecule has 0 unspecified atom stereocenters. The van der Waals surface area contributed by atoms with Crippen molar-refractivity contribution < 1.29 is 22.4 Å². The van der Waals surface area contributed by atoms with E-state index in [1.165, 1.54) is 12.1 Å². The van der Waals surface area contributed by atoms with Crippen molar-refractivity contribution in [3.63, 3.8) is 0 Å². The summed E-state index contributed by atoms with van der Waals surface area (Å²) in [5.74, 6) is 1.40. The van der Waals surface area contributed by atoms with Gasteiger partial charge in [0.1, 0.15) is 11.5 Å². The molecule has 0 aliphatic heterocycles. The van der Waals surface area contributed by atoms with Crippen LogP contribution in [-0.4, -0.2) is 33.7 Å². The van der Waals surface area contributed by atoms with E-state index >= 15 is 0 Å². The second-order valence-electron chi connectivity index (χ2n) is 5.17. The number of hydrogen-bond donors (Lipinski definition) is 1. The monoisotopic (exact) mass is 351 g/mol. The van der Waals surface area contributed by atoms with Crippen LogP contribution < -0.4 is 14.4 Å². The summed E-state index contributed by atoms with van der Waals surface area (Å²) in [6.07, 6.45) is 0. The summed E-state index contributed by atoms with van der Waals surface area (Å²) in [5, 5.41) is 0. The Labute approximate surface area is 142 Å². The predicted octanol–water partition coefficient (Wildman–Crippen LogP) is 2.98. The lowest BCUT2D eigenvalue weighted by Gasteiger charge is -2.25. The van der Waals surface area contributed by atoms with Crippen LogP contribution in [0.5, 0.6) is 11.5 Å². The lowest BCUT2D eigenvalue weighted by molar-refractivity contribution is 0.402. The zero-order chi connectivity index (χ0) is 17.7. The number of methoxy groups -OCH3 is 2. The van der Waals surface area contributed by atoms with E-state index in [-0.39, 0.29) is 4.90 Å². The number of benzene rings is 2. The summed E-state index contributed by atoms with van der Waals surface area (Å²) in [6.45, 7) is 3.13. The summed E-state index contributed by atoms with van der Waals surface area (Å²) in [5.41, 5.74) is 1.61. The number of ether oxygens (including phenoxy) is 2. The first-order valence-corrected chi connectivity index (χ1v) is 8.86. The van der Waals surface area contributed by atoms with Gasteiger partial charge >= 0.3 is 0 Å². The Morgan fingerprint density at radius 3 is 2.42 bits per heavy atom. The molecule has 0 saturated heterocycles. The summed E-state index contributed by atoms with van der Waals surface area (Å²) in [7, 11) is -1.03. The normalized spacial score (nSPS) is 11.2. The number of hydrogen-bond acceptors (Lipinski definition) is 5. The van der Waals surface area contributed by atoms with E-state index in [1.807, 2.05) is 36.1 Å². The maximum absolute atomic E-state index is 11.3. The average Bonchev–Trinajstić information content (AvgIpc) is 2.58. The molecule has 2 aromatic rings. The van der Waals surface area contributed by atoms with Crippen molar-refractivity contribution in [2.75, 3.05) is 25.7 Å². The van der Waals surface area contributed by atoms with Gasteiger partial charge in [-0.05, 0) is 36.8 Å². The zero-order valence-electron chi connectivity index (χ0n) is 13.9. The Balaban J connectivity index is 2.37. The smallest absolute Gasteiger partial charge is 0.294 e. The standard InChI is InChI=1S/C17H21NO5S/c1-4-18(16-11-14(22-2)8-9-17(16)23-3)12-13-6-5-7-15(10-13)24(19,20)21/h5-11H,4,12H2,1-3H3,(H,19,20,21). The van der Waals surface area contributed by atoms with Gasteiger partial charge in [-0.3, -0.25) is 4.55 Å². The quantitative estimate of drug-likeness (QED) is 0.773. The van der Waals surface area contributed by atoms with Crippen LogP contribution in [0.2, 0.25) is 0 Å². The van der Waals surface area contributed by atoms with Gasteiger partial charge in [-0.2, -0.15) is 8.42 Å². The van der Waals surface area contributed by atoms with E-state index in [0.717, 1.165) is 11.3 Å². The van der Waals surface area contributed by atoms with Crippen LogP contribution in [0.1, 0.15) is 12.5 Å². The molecule has 0 fully saturated rings. The van der Waals surface area contributed by atoms with Gasteiger partial charge in [0.15, 0.2) is 0 Å². The summed E-state index contributed by atoms with van der Waals surface area (Å²) in [4.78, 5) is 1.92. The molecule has 24 heavy (non-hydrogen) atoms. The van der Waals surface area contributed by atoms with E-state index in [2.05, 4.69) is 0 Å². The molecule has 130 valence electrons. The average molecular weight is 351 g/mol. The lowest BCUT2D eigenvalue weighted by atomic mass is 10.2. The van der Waals surface area contributed by atoms with Crippen LogP contribution in [0.15, 0.2) is 47.4 Å². The van der Waals surface area contributed by atoms with Crippen molar-refractivity contribution in [1.82, 2.24) is 0 Å². The first kappa shape index (κ1) is 18.1. The SMILES string of the molecule is CCN(Cc1cccc(S(=O)(=O)O)c1)c1cc(OC)ccc1OC. The van der Waals surface area contributed by atoms with Crippen molar-refractivity contribution in [1.29, 1.82) is 0 Å². The molecule has 0 amide bonds. The van der Waals surface area contributed by atoms with Crippen molar-refractivity contribution in [2.45, 2.75) is 18.4 Å². The molecular formula is C17H21NO5S. The highest BCUT2D eigenvalue weighted by molar-refractivity contribution is 7.85. The van der Waals surface area contributed by atoms with E-state index in [0.29, 0.717) is 24.6 Å². The van der Waals surface area contributed by atoms with Gasteiger partial charge in [0.05, 0.1) is 24.8 Å². The molecule has 0 bridgehead atoms. The van der Waals surface area contributed by atoms with E-state index in [4.69, 9.17) is 9.47 Å². The molecule has 2 aromatic carbocycles. The molecule has 0 atom stereocenters. The fraction of sp³-hybridized carbons (Fsp3) is 0.294. The lowest BCUT2D eigenvalue weighted by Crippen LogP contribution is -2.22. The Hall–Kier alpha value is -2.25. The minimum absolute atomic E-state index is 0.117. The fourth-order valence-electron chi connectivity index (χ4n) is 2.44. The minimum atomic E-state index is -4.22. The van der Waals surface area contributed by atoms with E-state index < -0.39 is 10.1 Å². The van der Waals surface area contributed by atoms with Crippen LogP contribution in [0.3, 0.4) is 0 Å². The third-order valence-electron chi connectivity index (χ3n) is 3.68. The summed E-state index contributed by atoms with van der Waals surface area (Å²) < 4.78 is 42.5. The van der Waals surface area contributed by atoms with Crippen molar-refractivity contribution in [3.05, 3.63) is 48.0 Å². The van der Waals surface area contributed by atoms with E-state index in [1.54, 1.807) is 20.3 Å². The number of nitrogens with zero attached hydrogens (tertiary/aromatic N) is 1. The molecule has 7 heteroatoms. The molecule has 2 rings (SSSR count). The number of anilines is 1. The first-order valence-electron chi connectivity index (χ1n) is 7.42. The Morgan fingerprint density at radius 2 is 1.83 bits per heavy atom. The second kappa shape index (κ2) is 7.55. The van der Waals surface area contributed by atoms with Gasteiger partial charge in [-0.25, -0.2) is 0 Å². The van der Waals surface area contributed by atoms with Crippen LogP contribution >= 0.6 is 0 Å². The van der Waals surface area contributed by atoms with Gasteiger partial charge in [-0.15, -0.1) is 0 Å². The van der Waals surface area contributed by atoms with Gasteiger partial charge in [0.2, 0.25) is 0 Å². The molecule has 0 saturated carbocycles. The third-order valence-corrected chi connectivity index (χ3v) is 4.53. The highest BCUT2D eigenvalue weighted by atomic mass is 32.2. The minimum Gasteiger partial charge on any atom is -0.497 e. The third kappa shape index (κ3) is 4.18. The van der Waals surface area contributed by atoms with Crippen LogP contribution in [-0.2, 0) is 16.7 Å². The molecule has 0 aromatic heterocycles. The van der Waals surface area contributed by atoms with Crippen LogP contribution in [0, 0.1) is 0 Å².